The van der Waals surface area contributed by atoms with Gasteiger partial charge in [-0.15, -0.1) is 0 Å². The highest BCUT2D eigenvalue weighted by atomic mass is 16.5. The molecule has 2 rings (SSSR count). The first kappa shape index (κ1) is 47.1. The van der Waals surface area contributed by atoms with Crippen molar-refractivity contribution in [3.8, 4) is 22.6 Å². The SMILES string of the molecule is [B]C(CC)(CCCCCCOc1ccc(-c2ccc(OCCCCCCC(C)(CCC)OCC(C)C(C)(O)CC)cc2)cc1)OCC(C)C(C)(O)CC. The predicted octanol–water partition coefficient (Wildman–Crippen LogP) is 11.5. The predicted molar refractivity (Wildman–Crippen MR) is 223 cm³/mol. The van der Waals surface area contributed by atoms with Crippen molar-refractivity contribution in [3.63, 3.8) is 0 Å². The average molecular weight is 737 g/mol. The molecule has 0 fully saturated rings. The van der Waals surface area contributed by atoms with E-state index in [1.165, 1.54) is 6.42 Å². The van der Waals surface area contributed by atoms with Gasteiger partial charge in [0.25, 0.3) is 0 Å². The second kappa shape index (κ2) is 23.8. The molecule has 2 aromatic rings. The molecule has 0 bridgehead atoms. The third-order valence-corrected chi connectivity index (χ3v) is 11.9. The number of aliphatic hydroxyl groups is 2. The van der Waals surface area contributed by atoms with E-state index in [0.717, 1.165) is 113 Å². The van der Waals surface area contributed by atoms with Crippen molar-refractivity contribution in [2.24, 2.45) is 11.8 Å². The van der Waals surface area contributed by atoms with Gasteiger partial charge in [-0.2, -0.15) is 0 Å². The molecule has 7 heteroatoms. The van der Waals surface area contributed by atoms with Gasteiger partial charge in [0.15, 0.2) is 0 Å². The highest BCUT2D eigenvalue weighted by Crippen LogP contribution is 2.30. The van der Waals surface area contributed by atoms with E-state index in [2.05, 4.69) is 64.1 Å². The lowest BCUT2D eigenvalue weighted by Gasteiger charge is -2.35. The lowest BCUT2D eigenvalue weighted by molar-refractivity contribution is -0.0987. The first-order chi connectivity index (χ1) is 25.1. The summed E-state index contributed by atoms with van der Waals surface area (Å²) < 4.78 is 24.6. The van der Waals surface area contributed by atoms with E-state index < -0.39 is 16.7 Å². The quantitative estimate of drug-likeness (QED) is 0.0614. The molecule has 53 heavy (non-hydrogen) atoms. The van der Waals surface area contributed by atoms with Crippen LogP contribution in [0.1, 0.15) is 159 Å². The molecular formula is C46H77BO6. The molecule has 0 saturated heterocycles. The maximum absolute atomic E-state index is 10.6. The molecule has 300 valence electrons. The Bertz CT molecular complexity index is 1230. The van der Waals surface area contributed by atoms with E-state index in [-0.39, 0.29) is 17.4 Å². The van der Waals surface area contributed by atoms with Crippen LogP contribution in [-0.2, 0) is 9.47 Å². The topological polar surface area (TPSA) is 77.4 Å². The number of hydrogen-bond acceptors (Lipinski definition) is 6. The molecule has 0 spiro atoms. The number of hydrogen-bond donors (Lipinski definition) is 2. The molecule has 0 aromatic heterocycles. The summed E-state index contributed by atoms with van der Waals surface area (Å²) >= 11 is 0. The Labute approximate surface area is 326 Å². The van der Waals surface area contributed by atoms with Crippen molar-refractivity contribution in [1.82, 2.24) is 0 Å². The molecule has 0 aliphatic heterocycles. The number of rotatable bonds is 30. The fourth-order valence-electron chi connectivity index (χ4n) is 6.52. The van der Waals surface area contributed by atoms with Crippen LogP contribution in [0.15, 0.2) is 48.5 Å². The van der Waals surface area contributed by atoms with Crippen LogP contribution in [0.5, 0.6) is 11.5 Å². The van der Waals surface area contributed by atoms with Gasteiger partial charge in [0.05, 0.1) is 43.2 Å². The molecule has 0 amide bonds. The normalized spacial score (nSPS) is 17.6. The smallest absolute Gasteiger partial charge is 0.119 e. The number of unbranched alkanes of at least 4 members (excludes halogenated alkanes) is 6. The Hall–Kier alpha value is -2.06. The Morgan fingerprint density at radius 3 is 1.38 bits per heavy atom. The summed E-state index contributed by atoms with van der Waals surface area (Å²) in [6.45, 7) is 20.9. The van der Waals surface area contributed by atoms with Crippen LogP contribution >= 0.6 is 0 Å². The van der Waals surface area contributed by atoms with Crippen LogP contribution in [0.25, 0.3) is 11.1 Å². The Kier molecular flexibility index (Phi) is 21.1. The van der Waals surface area contributed by atoms with Crippen LogP contribution in [0.4, 0.5) is 0 Å². The average Bonchev–Trinajstić information content (AvgIpc) is 3.15. The van der Waals surface area contributed by atoms with Gasteiger partial charge in [0, 0.05) is 17.3 Å². The van der Waals surface area contributed by atoms with E-state index in [1.54, 1.807) is 0 Å². The van der Waals surface area contributed by atoms with Crippen molar-refractivity contribution in [3.05, 3.63) is 48.5 Å². The largest absolute Gasteiger partial charge is 0.494 e. The molecule has 6 nitrogen and oxygen atoms in total. The minimum absolute atomic E-state index is 0.0386. The molecule has 2 radical (unpaired) electrons. The lowest BCUT2D eigenvalue weighted by Crippen LogP contribution is -2.40. The summed E-state index contributed by atoms with van der Waals surface area (Å²) in [5.41, 5.74) is 0.156. The molecule has 2 aromatic carbocycles. The first-order valence-electron chi connectivity index (χ1n) is 21.1. The molecule has 2 N–H and O–H groups in total. The number of benzene rings is 2. The summed E-state index contributed by atoms with van der Waals surface area (Å²) in [6.07, 6.45) is 14.9. The summed E-state index contributed by atoms with van der Waals surface area (Å²) in [7, 11) is 6.54. The lowest BCUT2D eigenvalue weighted by atomic mass is 9.74. The van der Waals surface area contributed by atoms with Gasteiger partial charge in [-0.25, -0.2) is 0 Å². The third-order valence-electron chi connectivity index (χ3n) is 11.9. The molecule has 0 aliphatic rings. The maximum Gasteiger partial charge on any atom is 0.119 e. The third kappa shape index (κ3) is 17.5. The molecule has 0 saturated carbocycles. The zero-order chi connectivity index (χ0) is 39.4. The van der Waals surface area contributed by atoms with Gasteiger partial charge in [0.2, 0.25) is 0 Å². The highest BCUT2D eigenvalue weighted by Gasteiger charge is 2.31. The summed E-state index contributed by atoms with van der Waals surface area (Å²) in [6, 6.07) is 16.7. The fourth-order valence-corrected chi connectivity index (χ4v) is 6.52. The number of ether oxygens (including phenoxy) is 4. The molecule has 6 unspecified atom stereocenters. The highest BCUT2D eigenvalue weighted by molar-refractivity contribution is 6.14. The van der Waals surface area contributed by atoms with Crippen molar-refractivity contribution < 1.29 is 29.2 Å². The zero-order valence-electron chi connectivity index (χ0n) is 35.3. The zero-order valence-corrected chi connectivity index (χ0v) is 35.3. The van der Waals surface area contributed by atoms with Gasteiger partial charge in [-0.05, 0) is 108 Å². The molecule has 0 heterocycles. The Balaban J connectivity index is 1.62. The van der Waals surface area contributed by atoms with Crippen LogP contribution in [0.2, 0.25) is 0 Å². The second-order valence-corrected chi connectivity index (χ2v) is 16.5. The first-order valence-corrected chi connectivity index (χ1v) is 21.1. The van der Waals surface area contributed by atoms with Crippen LogP contribution < -0.4 is 9.47 Å². The maximum atomic E-state index is 10.6. The second-order valence-electron chi connectivity index (χ2n) is 16.5. The van der Waals surface area contributed by atoms with E-state index in [0.29, 0.717) is 26.2 Å². The summed E-state index contributed by atoms with van der Waals surface area (Å²) in [5.74, 6) is 1.96. The molecule has 0 aliphatic carbocycles. The van der Waals surface area contributed by atoms with Crippen LogP contribution in [-0.4, -0.2) is 66.8 Å². The van der Waals surface area contributed by atoms with Gasteiger partial charge in [-0.3, -0.25) is 0 Å². The van der Waals surface area contributed by atoms with Crippen molar-refractivity contribution in [1.29, 1.82) is 0 Å². The van der Waals surface area contributed by atoms with E-state index in [1.807, 2.05) is 46.8 Å². The standard InChI is InChI=1S/C46H77BO6/c1-10-30-43(7,52-35-37(5)44(8,48)11-2)31-18-14-16-20-33-50-41-26-22-39(23-27-41)40-24-28-42(29-25-40)51-34-21-17-15-19-32-46(47,13-4)53-36-38(6)45(9,49)12-3/h22-29,37-38,48-49H,10-21,30-36H2,1-9H3. The minimum Gasteiger partial charge on any atom is -0.494 e. The molecular weight excluding hydrogens is 659 g/mol. The monoisotopic (exact) mass is 737 g/mol. The van der Waals surface area contributed by atoms with E-state index in [9.17, 15) is 10.2 Å². The van der Waals surface area contributed by atoms with Gasteiger partial charge in [0.1, 0.15) is 19.3 Å². The summed E-state index contributed by atoms with van der Waals surface area (Å²) in [4.78, 5) is 0. The van der Waals surface area contributed by atoms with Crippen LogP contribution in [0, 0.1) is 11.8 Å². The van der Waals surface area contributed by atoms with Crippen molar-refractivity contribution in [2.45, 2.75) is 181 Å². The fraction of sp³-hybridized carbons (Fsp3) is 0.739. The van der Waals surface area contributed by atoms with Crippen molar-refractivity contribution in [2.75, 3.05) is 26.4 Å². The molecule has 6 atom stereocenters. The van der Waals surface area contributed by atoms with Gasteiger partial charge >= 0.3 is 0 Å². The van der Waals surface area contributed by atoms with E-state index in [4.69, 9.17) is 26.8 Å². The minimum atomic E-state index is -0.731. The Morgan fingerprint density at radius 2 is 0.962 bits per heavy atom. The van der Waals surface area contributed by atoms with Gasteiger partial charge < -0.3 is 29.2 Å². The summed E-state index contributed by atoms with van der Waals surface area (Å²) in [5, 5.41) is 21.0. The van der Waals surface area contributed by atoms with Crippen molar-refractivity contribution >= 4 is 7.85 Å². The van der Waals surface area contributed by atoms with Crippen LogP contribution in [0.3, 0.4) is 0 Å². The Morgan fingerprint density at radius 1 is 0.547 bits per heavy atom. The van der Waals surface area contributed by atoms with E-state index >= 15 is 0 Å². The van der Waals surface area contributed by atoms with Gasteiger partial charge in [-0.1, -0.05) is 111 Å².